The first kappa shape index (κ1) is 16.8. The van der Waals surface area contributed by atoms with E-state index in [-0.39, 0.29) is 19.0 Å². The predicted octanol–water partition coefficient (Wildman–Crippen LogP) is 1.70. The summed E-state index contributed by atoms with van der Waals surface area (Å²) in [6.45, 7) is 3.98. The Kier molecular flexibility index (Phi) is 7.36. The Labute approximate surface area is 120 Å². The van der Waals surface area contributed by atoms with Crippen molar-refractivity contribution >= 4 is 12.0 Å². The number of hydrogen-bond donors (Lipinski definition) is 2. The van der Waals surface area contributed by atoms with Gasteiger partial charge in [-0.05, 0) is 25.2 Å². The first-order valence-corrected chi connectivity index (χ1v) is 7.34. The molecule has 1 saturated heterocycles. The summed E-state index contributed by atoms with van der Waals surface area (Å²) in [7, 11) is 1.46. The molecule has 0 aromatic heterocycles. The molecule has 1 aliphatic rings. The number of hydrogen-bond acceptors (Lipinski definition) is 3. The Morgan fingerprint density at radius 2 is 2.15 bits per heavy atom. The summed E-state index contributed by atoms with van der Waals surface area (Å²) in [5.74, 6) is -0.210. The van der Waals surface area contributed by atoms with E-state index in [9.17, 15) is 9.59 Å². The zero-order valence-electron chi connectivity index (χ0n) is 12.4. The van der Waals surface area contributed by atoms with Crippen LogP contribution in [0.3, 0.4) is 0 Å². The number of carboxylic acid groups (broad SMARTS) is 1. The monoisotopic (exact) mass is 286 g/mol. The number of ether oxygens (including phenoxy) is 1. The first-order chi connectivity index (χ1) is 9.56. The molecule has 0 radical (unpaired) electrons. The molecule has 116 valence electrons. The number of aliphatic carboxylic acids is 1. The molecular formula is C14H26N2O4. The average Bonchev–Trinajstić information content (AvgIpc) is 2.67. The lowest BCUT2D eigenvalue weighted by Crippen LogP contribution is -2.44. The van der Waals surface area contributed by atoms with Crippen molar-refractivity contribution in [3.8, 4) is 0 Å². The summed E-state index contributed by atoms with van der Waals surface area (Å²) in [6.07, 6.45) is 3.85. The van der Waals surface area contributed by atoms with Gasteiger partial charge in [-0.3, -0.25) is 4.79 Å². The fourth-order valence-corrected chi connectivity index (χ4v) is 2.52. The molecular weight excluding hydrogens is 260 g/mol. The Hall–Kier alpha value is -1.30. The maximum absolute atomic E-state index is 12.1. The van der Waals surface area contributed by atoms with Crippen LogP contribution in [-0.4, -0.2) is 54.9 Å². The van der Waals surface area contributed by atoms with Gasteiger partial charge in [0, 0.05) is 26.7 Å². The van der Waals surface area contributed by atoms with Crippen molar-refractivity contribution < 1.29 is 19.4 Å². The SMILES string of the molecule is CCC1CCCN(C(=O)NCC(CC(=O)O)OC)CC1. The minimum atomic E-state index is -0.924. The normalized spacial score (nSPS) is 21.1. The van der Waals surface area contributed by atoms with Gasteiger partial charge >= 0.3 is 12.0 Å². The zero-order valence-corrected chi connectivity index (χ0v) is 12.4. The lowest BCUT2D eigenvalue weighted by atomic mass is 9.98. The van der Waals surface area contributed by atoms with E-state index in [1.807, 2.05) is 4.90 Å². The number of nitrogens with one attached hydrogen (secondary N) is 1. The van der Waals surface area contributed by atoms with Crippen LogP contribution in [0.1, 0.15) is 39.0 Å². The topological polar surface area (TPSA) is 78.9 Å². The van der Waals surface area contributed by atoms with Crippen molar-refractivity contribution in [2.75, 3.05) is 26.7 Å². The van der Waals surface area contributed by atoms with Crippen LogP contribution in [0.5, 0.6) is 0 Å². The van der Waals surface area contributed by atoms with E-state index in [4.69, 9.17) is 9.84 Å². The van der Waals surface area contributed by atoms with E-state index in [1.165, 1.54) is 20.0 Å². The van der Waals surface area contributed by atoms with E-state index in [1.54, 1.807) is 0 Å². The molecule has 1 fully saturated rings. The van der Waals surface area contributed by atoms with Crippen molar-refractivity contribution in [3.63, 3.8) is 0 Å². The Morgan fingerprint density at radius 1 is 1.40 bits per heavy atom. The number of carbonyl (C=O) groups excluding carboxylic acids is 1. The minimum Gasteiger partial charge on any atom is -0.481 e. The van der Waals surface area contributed by atoms with Crippen LogP contribution in [0.25, 0.3) is 0 Å². The van der Waals surface area contributed by atoms with Crippen LogP contribution in [0, 0.1) is 5.92 Å². The molecule has 1 heterocycles. The molecule has 0 aliphatic carbocycles. The van der Waals surface area contributed by atoms with Crippen LogP contribution < -0.4 is 5.32 Å². The highest BCUT2D eigenvalue weighted by Crippen LogP contribution is 2.20. The summed E-state index contributed by atoms with van der Waals surface area (Å²) >= 11 is 0. The van der Waals surface area contributed by atoms with Gasteiger partial charge in [0.25, 0.3) is 0 Å². The van der Waals surface area contributed by atoms with Crippen LogP contribution in [0.4, 0.5) is 4.79 Å². The average molecular weight is 286 g/mol. The van der Waals surface area contributed by atoms with Gasteiger partial charge in [0.05, 0.1) is 12.5 Å². The highest BCUT2D eigenvalue weighted by Gasteiger charge is 2.20. The molecule has 6 heteroatoms. The third-order valence-electron chi connectivity index (χ3n) is 3.93. The third kappa shape index (κ3) is 5.77. The molecule has 2 unspecified atom stereocenters. The summed E-state index contributed by atoms with van der Waals surface area (Å²) in [5, 5.41) is 11.5. The van der Waals surface area contributed by atoms with E-state index >= 15 is 0 Å². The van der Waals surface area contributed by atoms with Gasteiger partial charge < -0.3 is 20.1 Å². The molecule has 2 amide bonds. The van der Waals surface area contributed by atoms with E-state index < -0.39 is 12.1 Å². The van der Waals surface area contributed by atoms with Gasteiger partial charge in [-0.25, -0.2) is 4.79 Å². The van der Waals surface area contributed by atoms with Gasteiger partial charge in [-0.15, -0.1) is 0 Å². The van der Waals surface area contributed by atoms with Crippen LogP contribution in [0.2, 0.25) is 0 Å². The number of carboxylic acids is 1. The molecule has 6 nitrogen and oxygen atoms in total. The van der Waals surface area contributed by atoms with E-state index in [2.05, 4.69) is 12.2 Å². The van der Waals surface area contributed by atoms with Gasteiger partial charge in [-0.2, -0.15) is 0 Å². The maximum atomic E-state index is 12.1. The summed E-state index contributed by atoms with van der Waals surface area (Å²) < 4.78 is 5.04. The number of likely N-dealkylation sites (tertiary alicyclic amines) is 1. The fourth-order valence-electron chi connectivity index (χ4n) is 2.52. The summed E-state index contributed by atoms with van der Waals surface area (Å²) in [5.41, 5.74) is 0. The maximum Gasteiger partial charge on any atom is 0.317 e. The highest BCUT2D eigenvalue weighted by molar-refractivity contribution is 5.74. The quantitative estimate of drug-likeness (QED) is 0.779. The van der Waals surface area contributed by atoms with Gasteiger partial charge in [0.2, 0.25) is 0 Å². The van der Waals surface area contributed by atoms with Gasteiger partial charge in [-0.1, -0.05) is 13.3 Å². The molecule has 0 aromatic carbocycles. The standard InChI is InChI=1S/C14H26N2O4/c1-3-11-5-4-7-16(8-6-11)14(19)15-10-12(20-2)9-13(17)18/h11-12H,3-10H2,1-2H3,(H,15,19)(H,17,18). The van der Waals surface area contributed by atoms with E-state index in [0.29, 0.717) is 5.92 Å². The molecule has 2 N–H and O–H groups in total. The van der Waals surface area contributed by atoms with Crippen molar-refractivity contribution in [2.24, 2.45) is 5.92 Å². The highest BCUT2D eigenvalue weighted by atomic mass is 16.5. The molecule has 0 bridgehead atoms. The molecule has 20 heavy (non-hydrogen) atoms. The lowest BCUT2D eigenvalue weighted by molar-refractivity contribution is -0.139. The molecule has 2 atom stereocenters. The molecule has 0 aromatic rings. The number of rotatable bonds is 6. The van der Waals surface area contributed by atoms with Crippen molar-refractivity contribution in [2.45, 2.75) is 45.1 Å². The second kappa shape index (κ2) is 8.79. The first-order valence-electron chi connectivity index (χ1n) is 7.34. The summed E-state index contributed by atoms with van der Waals surface area (Å²) in [6, 6.07) is -0.116. The van der Waals surface area contributed by atoms with Crippen LogP contribution in [0.15, 0.2) is 0 Å². The Balaban J connectivity index is 2.36. The second-order valence-electron chi connectivity index (χ2n) is 5.33. The van der Waals surface area contributed by atoms with Crippen LogP contribution in [-0.2, 0) is 9.53 Å². The van der Waals surface area contributed by atoms with E-state index in [0.717, 1.165) is 25.9 Å². The second-order valence-corrected chi connectivity index (χ2v) is 5.33. The molecule has 1 aliphatic heterocycles. The van der Waals surface area contributed by atoms with Crippen molar-refractivity contribution in [1.29, 1.82) is 0 Å². The largest absolute Gasteiger partial charge is 0.481 e. The number of nitrogens with zero attached hydrogens (tertiary/aromatic N) is 1. The smallest absolute Gasteiger partial charge is 0.317 e. The number of urea groups is 1. The molecule has 1 rings (SSSR count). The predicted molar refractivity (Wildman–Crippen MR) is 75.7 cm³/mol. The lowest BCUT2D eigenvalue weighted by Gasteiger charge is -2.22. The molecule has 0 saturated carbocycles. The Morgan fingerprint density at radius 3 is 2.75 bits per heavy atom. The van der Waals surface area contributed by atoms with Crippen molar-refractivity contribution in [3.05, 3.63) is 0 Å². The minimum absolute atomic E-state index is 0.102. The van der Waals surface area contributed by atoms with Crippen molar-refractivity contribution in [1.82, 2.24) is 10.2 Å². The Bertz CT molecular complexity index is 322. The van der Waals surface area contributed by atoms with Gasteiger partial charge in [0.1, 0.15) is 0 Å². The summed E-state index contributed by atoms with van der Waals surface area (Å²) in [4.78, 5) is 24.5. The third-order valence-corrected chi connectivity index (χ3v) is 3.93. The zero-order chi connectivity index (χ0) is 15.0. The van der Waals surface area contributed by atoms with Gasteiger partial charge in [0.15, 0.2) is 0 Å². The number of methoxy groups -OCH3 is 1. The number of carbonyl (C=O) groups is 2. The van der Waals surface area contributed by atoms with Crippen LogP contribution >= 0.6 is 0 Å². The molecule has 0 spiro atoms. The number of amides is 2. The fraction of sp³-hybridized carbons (Fsp3) is 0.857.